The normalized spacial score (nSPS) is 19.4. The summed E-state index contributed by atoms with van der Waals surface area (Å²) in [5, 5.41) is 0. The zero-order valence-corrected chi connectivity index (χ0v) is 16.0. The lowest BCUT2D eigenvalue weighted by atomic mass is 9.98. The van der Waals surface area contributed by atoms with Crippen molar-refractivity contribution in [2.45, 2.75) is 32.2 Å². The lowest BCUT2D eigenvalue weighted by Crippen LogP contribution is -2.39. The summed E-state index contributed by atoms with van der Waals surface area (Å²) in [7, 11) is 2.19. The summed E-state index contributed by atoms with van der Waals surface area (Å²) in [5.74, 6) is 0. The number of imidazole rings is 1. The minimum absolute atomic E-state index is 0.448. The lowest BCUT2D eigenvalue weighted by molar-refractivity contribution is 0.0313. The Morgan fingerprint density at radius 2 is 2.04 bits per heavy atom. The number of hydrogen-bond donors (Lipinski definition) is 0. The van der Waals surface area contributed by atoms with Crippen LogP contribution in [0.2, 0.25) is 0 Å². The van der Waals surface area contributed by atoms with Gasteiger partial charge in [0.2, 0.25) is 0 Å². The molecule has 0 radical (unpaired) electrons. The molecule has 1 aromatic carbocycles. The zero-order valence-electron chi connectivity index (χ0n) is 16.0. The Morgan fingerprint density at radius 1 is 1.19 bits per heavy atom. The maximum Gasteiger partial charge on any atom is 0.0954 e. The van der Waals surface area contributed by atoms with Crippen molar-refractivity contribution in [1.82, 2.24) is 14.5 Å². The van der Waals surface area contributed by atoms with E-state index in [1.165, 1.54) is 35.3 Å². The zero-order chi connectivity index (χ0) is 17.9. The van der Waals surface area contributed by atoms with Gasteiger partial charge in [0.25, 0.3) is 0 Å². The highest BCUT2D eigenvalue weighted by atomic mass is 16.5. The average molecular weight is 354 g/mol. The summed E-state index contributed by atoms with van der Waals surface area (Å²) in [4.78, 5) is 9.38. The van der Waals surface area contributed by atoms with E-state index in [9.17, 15) is 0 Å². The standard InChI is InChI=1S/C21H30N4O/c1-3-19(15-24-9-11-26-12-10-24)25-16-22-14-21(25)18-6-7-20-17(13-18)5-4-8-23(20)2/h6-7,13-14,16,19H,3-5,8-12,15H2,1-2H3/t19-/m0/s1. The number of ether oxygens (including phenoxy) is 1. The first-order valence-corrected chi connectivity index (χ1v) is 9.92. The summed E-state index contributed by atoms with van der Waals surface area (Å²) >= 11 is 0. The summed E-state index contributed by atoms with van der Waals surface area (Å²) in [6, 6.07) is 7.36. The van der Waals surface area contributed by atoms with E-state index in [2.05, 4.69) is 51.5 Å². The molecule has 2 aliphatic rings. The van der Waals surface area contributed by atoms with Crippen molar-refractivity contribution in [1.29, 1.82) is 0 Å². The highest BCUT2D eigenvalue weighted by Crippen LogP contribution is 2.32. The molecule has 1 fully saturated rings. The molecule has 0 unspecified atom stereocenters. The van der Waals surface area contributed by atoms with Gasteiger partial charge in [0.1, 0.15) is 0 Å². The van der Waals surface area contributed by atoms with Crippen LogP contribution in [0.5, 0.6) is 0 Å². The first-order chi connectivity index (χ1) is 12.8. The maximum absolute atomic E-state index is 5.50. The molecule has 0 aliphatic carbocycles. The molecule has 2 aliphatic heterocycles. The molecule has 26 heavy (non-hydrogen) atoms. The fraction of sp³-hybridized carbons (Fsp3) is 0.571. The highest BCUT2D eigenvalue weighted by Gasteiger charge is 2.20. The smallest absolute Gasteiger partial charge is 0.0954 e. The second-order valence-electron chi connectivity index (χ2n) is 7.53. The first kappa shape index (κ1) is 17.6. The molecule has 0 spiro atoms. The van der Waals surface area contributed by atoms with Crippen LogP contribution in [0.15, 0.2) is 30.7 Å². The third-order valence-electron chi connectivity index (χ3n) is 5.83. The Kier molecular flexibility index (Phi) is 5.27. The van der Waals surface area contributed by atoms with Crippen molar-refractivity contribution in [3.63, 3.8) is 0 Å². The van der Waals surface area contributed by atoms with Crippen molar-refractivity contribution in [3.05, 3.63) is 36.3 Å². The number of morpholine rings is 1. The molecule has 5 nitrogen and oxygen atoms in total. The van der Waals surface area contributed by atoms with E-state index in [0.29, 0.717) is 6.04 Å². The van der Waals surface area contributed by atoms with Crippen LogP contribution in [0, 0.1) is 0 Å². The average Bonchev–Trinajstić information content (AvgIpc) is 3.16. The number of rotatable bonds is 5. The van der Waals surface area contributed by atoms with Gasteiger partial charge in [0.15, 0.2) is 0 Å². The molecule has 0 N–H and O–H groups in total. The summed E-state index contributed by atoms with van der Waals surface area (Å²) < 4.78 is 7.87. The predicted octanol–water partition coefficient (Wildman–Crippen LogP) is 3.22. The minimum Gasteiger partial charge on any atom is -0.379 e. The molecule has 2 aromatic rings. The van der Waals surface area contributed by atoms with E-state index >= 15 is 0 Å². The summed E-state index contributed by atoms with van der Waals surface area (Å²) in [6.07, 6.45) is 7.55. The predicted molar refractivity (Wildman–Crippen MR) is 106 cm³/mol. The Hall–Kier alpha value is -1.85. The van der Waals surface area contributed by atoms with Crippen LogP contribution in [-0.4, -0.2) is 60.9 Å². The molecule has 4 rings (SSSR count). The Labute approximate surface area is 156 Å². The van der Waals surface area contributed by atoms with E-state index < -0.39 is 0 Å². The quantitative estimate of drug-likeness (QED) is 0.826. The number of hydrogen-bond acceptors (Lipinski definition) is 4. The molecule has 1 aromatic heterocycles. The fourth-order valence-corrected chi connectivity index (χ4v) is 4.26. The van der Waals surface area contributed by atoms with Gasteiger partial charge in [-0.1, -0.05) is 13.0 Å². The third kappa shape index (κ3) is 3.51. The second-order valence-corrected chi connectivity index (χ2v) is 7.53. The molecule has 0 saturated carbocycles. The molecular weight excluding hydrogens is 324 g/mol. The van der Waals surface area contributed by atoms with Crippen molar-refractivity contribution in [3.8, 4) is 11.3 Å². The molecule has 1 saturated heterocycles. The van der Waals surface area contributed by atoms with Crippen LogP contribution in [0.1, 0.15) is 31.4 Å². The second kappa shape index (κ2) is 7.80. The van der Waals surface area contributed by atoms with E-state index in [4.69, 9.17) is 4.74 Å². The van der Waals surface area contributed by atoms with Crippen molar-refractivity contribution in [2.75, 3.05) is 51.3 Å². The van der Waals surface area contributed by atoms with Crippen LogP contribution in [-0.2, 0) is 11.2 Å². The Balaban J connectivity index is 1.59. The Morgan fingerprint density at radius 3 is 2.85 bits per heavy atom. The van der Waals surface area contributed by atoms with Crippen LogP contribution in [0.3, 0.4) is 0 Å². The molecule has 1 atom stereocenters. The summed E-state index contributed by atoms with van der Waals surface area (Å²) in [6.45, 7) is 8.27. The van der Waals surface area contributed by atoms with Gasteiger partial charge in [-0.15, -0.1) is 0 Å². The number of benzene rings is 1. The van der Waals surface area contributed by atoms with Gasteiger partial charge < -0.3 is 14.2 Å². The first-order valence-electron chi connectivity index (χ1n) is 9.92. The van der Waals surface area contributed by atoms with Gasteiger partial charge in [-0.05, 0) is 37.0 Å². The van der Waals surface area contributed by atoms with Crippen molar-refractivity contribution in [2.24, 2.45) is 0 Å². The van der Waals surface area contributed by atoms with Crippen LogP contribution < -0.4 is 4.90 Å². The van der Waals surface area contributed by atoms with Gasteiger partial charge in [-0.2, -0.15) is 0 Å². The van der Waals surface area contributed by atoms with Crippen LogP contribution in [0.25, 0.3) is 11.3 Å². The van der Waals surface area contributed by atoms with Gasteiger partial charge in [-0.3, -0.25) is 4.90 Å². The highest BCUT2D eigenvalue weighted by molar-refractivity contribution is 5.67. The van der Waals surface area contributed by atoms with Gasteiger partial charge in [0.05, 0.1) is 31.4 Å². The number of nitrogens with zero attached hydrogens (tertiary/aromatic N) is 4. The minimum atomic E-state index is 0.448. The largest absolute Gasteiger partial charge is 0.379 e. The third-order valence-corrected chi connectivity index (χ3v) is 5.83. The van der Waals surface area contributed by atoms with Crippen molar-refractivity contribution >= 4 is 5.69 Å². The van der Waals surface area contributed by atoms with Crippen molar-refractivity contribution < 1.29 is 4.74 Å². The van der Waals surface area contributed by atoms with E-state index in [1.54, 1.807) is 0 Å². The maximum atomic E-state index is 5.50. The number of aromatic nitrogens is 2. The molecule has 0 amide bonds. The fourth-order valence-electron chi connectivity index (χ4n) is 4.26. The van der Waals surface area contributed by atoms with Gasteiger partial charge >= 0.3 is 0 Å². The van der Waals surface area contributed by atoms with E-state index in [0.717, 1.165) is 45.8 Å². The monoisotopic (exact) mass is 354 g/mol. The SMILES string of the molecule is CC[C@@H](CN1CCOCC1)n1cncc1-c1ccc2c(c1)CCCN2C. The molecular formula is C21H30N4O. The number of aryl methyl sites for hydroxylation is 1. The molecule has 140 valence electrons. The van der Waals surface area contributed by atoms with E-state index in [-0.39, 0.29) is 0 Å². The van der Waals surface area contributed by atoms with Gasteiger partial charge in [-0.25, -0.2) is 4.98 Å². The topological polar surface area (TPSA) is 33.5 Å². The van der Waals surface area contributed by atoms with Gasteiger partial charge in [0, 0.05) is 50.5 Å². The van der Waals surface area contributed by atoms with E-state index in [1.807, 2.05) is 12.5 Å². The lowest BCUT2D eigenvalue weighted by Gasteiger charge is -2.31. The molecule has 3 heterocycles. The molecule has 0 bridgehead atoms. The summed E-state index contributed by atoms with van der Waals surface area (Å²) in [5.41, 5.74) is 5.37. The van der Waals surface area contributed by atoms with Crippen LogP contribution >= 0.6 is 0 Å². The number of anilines is 1. The molecule has 5 heteroatoms. The number of fused-ring (bicyclic) bond motifs is 1. The Bertz CT molecular complexity index is 735. The van der Waals surface area contributed by atoms with Crippen LogP contribution in [0.4, 0.5) is 5.69 Å².